The molecule has 0 saturated carbocycles. The monoisotopic (exact) mass is 271 g/mol. The van der Waals surface area contributed by atoms with Crippen molar-refractivity contribution in [2.24, 2.45) is 0 Å². The lowest BCUT2D eigenvalue weighted by Gasteiger charge is -1.93. The number of thiophene rings is 1. The van der Waals surface area contributed by atoms with Crippen LogP contribution in [0.2, 0.25) is 0 Å². The van der Waals surface area contributed by atoms with Crippen LogP contribution in [0.25, 0.3) is 17.8 Å². The molecule has 6 heteroatoms. The normalized spacial score (nSPS) is 11.4. The van der Waals surface area contributed by atoms with Gasteiger partial charge in [0.1, 0.15) is 0 Å². The number of nitro groups is 1. The Bertz CT molecular complexity index is 759. The Morgan fingerprint density at radius 1 is 1.26 bits per heavy atom. The quantitative estimate of drug-likeness (QED) is 0.541. The Morgan fingerprint density at radius 2 is 2.16 bits per heavy atom. The first-order valence-electron chi connectivity index (χ1n) is 5.59. The zero-order chi connectivity index (χ0) is 13.2. The second kappa shape index (κ2) is 4.66. The Hall–Kier alpha value is -2.47. The smallest absolute Gasteiger partial charge is 0.355 e. The number of aromatic nitrogens is 2. The maximum atomic E-state index is 11.2. The number of imidazole rings is 1. The number of nitrogens with zero attached hydrogens (tertiary/aromatic N) is 3. The average molecular weight is 271 g/mol. The highest BCUT2D eigenvalue weighted by atomic mass is 32.1. The van der Waals surface area contributed by atoms with Gasteiger partial charge in [0.15, 0.2) is 5.69 Å². The summed E-state index contributed by atoms with van der Waals surface area (Å²) in [5.74, 6) is -0.0107. The van der Waals surface area contributed by atoms with Crippen LogP contribution in [-0.4, -0.2) is 14.3 Å². The largest absolute Gasteiger partial charge is 0.358 e. The molecule has 0 N–H and O–H groups in total. The molecule has 0 aromatic carbocycles. The Balaban J connectivity index is 2.12. The molecule has 0 unspecified atom stereocenters. The summed E-state index contributed by atoms with van der Waals surface area (Å²) in [5.41, 5.74) is 0.935. The summed E-state index contributed by atoms with van der Waals surface area (Å²) < 4.78 is 1.48. The SMILES string of the molecule is O=[N+]([O-])c1c(/C=C/c2cccs2)nc2ccccn12. The van der Waals surface area contributed by atoms with Gasteiger partial charge in [-0.25, -0.2) is 4.98 Å². The third kappa shape index (κ3) is 2.13. The van der Waals surface area contributed by atoms with Crippen LogP contribution in [0.1, 0.15) is 10.6 Å². The van der Waals surface area contributed by atoms with E-state index in [0.29, 0.717) is 11.3 Å². The minimum absolute atomic E-state index is 0.0107. The van der Waals surface area contributed by atoms with Gasteiger partial charge < -0.3 is 10.1 Å². The lowest BCUT2D eigenvalue weighted by Crippen LogP contribution is -1.94. The van der Waals surface area contributed by atoms with E-state index in [9.17, 15) is 10.1 Å². The average Bonchev–Trinajstić information content (AvgIpc) is 3.03. The summed E-state index contributed by atoms with van der Waals surface area (Å²) in [5, 5.41) is 13.1. The third-order valence-electron chi connectivity index (χ3n) is 2.65. The predicted octanol–water partition coefficient (Wildman–Crippen LogP) is 3.47. The summed E-state index contributed by atoms with van der Waals surface area (Å²) in [6.07, 6.45) is 5.15. The number of pyridine rings is 1. The Morgan fingerprint density at radius 3 is 2.89 bits per heavy atom. The van der Waals surface area contributed by atoms with E-state index in [2.05, 4.69) is 4.98 Å². The van der Waals surface area contributed by atoms with Gasteiger partial charge >= 0.3 is 5.82 Å². The van der Waals surface area contributed by atoms with Gasteiger partial charge in [-0.15, -0.1) is 11.3 Å². The number of fused-ring (bicyclic) bond motifs is 1. The topological polar surface area (TPSA) is 60.4 Å². The first-order valence-corrected chi connectivity index (χ1v) is 6.47. The van der Waals surface area contributed by atoms with E-state index < -0.39 is 4.92 Å². The van der Waals surface area contributed by atoms with Gasteiger partial charge in [-0.3, -0.25) is 0 Å². The van der Waals surface area contributed by atoms with Crippen molar-refractivity contribution in [3.8, 4) is 0 Å². The maximum absolute atomic E-state index is 11.2. The molecule has 0 spiro atoms. The molecule has 94 valence electrons. The van der Waals surface area contributed by atoms with Crippen molar-refractivity contribution in [2.75, 3.05) is 0 Å². The number of hydrogen-bond donors (Lipinski definition) is 0. The van der Waals surface area contributed by atoms with Crippen molar-refractivity contribution in [1.82, 2.24) is 9.38 Å². The van der Waals surface area contributed by atoms with Gasteiger partial charge in [0.25, 0.3) is 0 Å². The highest BCUT2D eigenvalue weighted by molar-refractivity contribution is 7.10. The van der Waals surface area contributed by atoms with Crippen LogP contribution < -0.4 is 0 Å². The molecule has 0 bridgehead atoms. The molecule has 0 aliphatic heterocycles. The van der Waals surface area contributed by atoms with E-state index in [4.69, 9.17) is 0 Å². The van der Waals surface area contributed by atoms with Crippen LogP contribution in [0.15, 0.2) is 41.9 Å². The molecule has 0 saturated heterocycles. The molecular formula is C13H9N3O2S. The molecular weight excluding hydrogens is 262 g/mol. The molecule has 3 rings (SSSR count). The minimum Gasteiger partial charge on any atom is -0.358 e. The fourth-order valence-corrected chi connectivity index (χ4v) is 2.46. The summed E-state index contributed by atoms with van der Waals surface area (Å²) in [6, 6.07) is 9.17. The molecule has 3 aromatic heterocycles. The van der Waals surface area contributed by atoms with Crippen LogP contribution in [0.4, 0.5) is 5.82 Å². The van der Waals surface area contributed by atoms with Crippen LogP contribution in [0.3, 0.4) is 0 Å². The standard InChI is InChI=1S/C13H9N3O2S/c17-16(18)13-11(7-6-10-4-3-9-19-10)14-12-5-1-2-8-15(12)13/h1-9H/b7-6+. The third-order valence-corrected chi connectivity index (χ3v) is 3.49. The van der Waals surface area contributed by atoms with E-state index in [1.54, 1.807) is 41.8 Å². The molecule has 19 heavy (non-hydrogen) atoms. The lowest BCUT2D eigenvalue weighted by atomic mass is 10.3. The molecule has 5 nitrogen and oxygen atoms in total. The molecule has 0 aliphatic rings. The molecule has 0 atom stereocenters. The van der Waals surface area contributed by atoms with E-state index >= 15 is 0 Å². The highest BCUT2D eigenvalue weighted by Crippen LogP contribution is 2.23. The van der Waals surface area contributed by atoms with Crippen LogP contribution in [0, 0.1) is 10.1 Å². The molecule has 0 aliphatic carbocycles. The van der Waals surface area contributed by atoms with Crippen molar-refractivity contribution in [3.63, 3.8) is 0 Å². The van der Waals surface area contributed by atoms with Crippen LogP contribution >= 0.6 is 11.3 Å². The molecule has 3 heterocycles. The van der Waals surface area contributed by atoms with Gasteiger partial charge in [0, 0.05) is 10.9 Å². The lowest BCUT2D eigenvalue weighted by molar-refractivity contribution is -0.390. The second-order valence-corrected chi connectivity index (χ2v) is 4.83. The first kappa shape index (κ1) is 11.6. The number of hydrogen-bond acceptors (Lipinski definition) is 4. The van der Waals surface area contributed by atoms with Gasteiger partial charge in [0.2, 0.25) is 5.65 Å². The molecule has 3 aromatic rings. The molecule has 0 radical (unpaired) electrons. The summed E-state index contributed by atoms with van der Waals surface area (Å²) in [7, 11) is 0. The fourth-order valence-electron chi connectivity index (χ4n) is 1.84. The van der Waals surface area contributed by atoms with Crippen molar-refractivity contribution in [1.29, 1.82) is 0 Å². The van der Waals surface area contributed by atoms with E-state index in [1.807, 2.05) is 23.6 Å². The zero-order valence-corrected chi connectivity index (χ0v) is 10.6. The Kier molecular flexibility index (Phi) is 2.85. The predicted molar refractivity (Wildman–Crippen MR) is 75.1 cm³/mol. The van der Waals surface area contributed by atoms with Crippen molar-refractivity contribution in [3.05, 3.63) is 62.6 Å². The molecule has 0 amide bonds. The van der Waals surface area contributed by atoms with E-state index in [-0.39, 0.29) is 5.82 Å². The van der Waals surface area contributed by atoms with Gasteiger partial charge in [-0.05, 0) is 34.6 Å². The van der Waals surface area contributed by atoms with Gasteiger partial charge in [-0.2, -0.15) is 4.40 Å². The van der Waals surface area contributed by atoms with Gasteiger partial charge in [-0.1, -0.05) is 12.1 Å². The van der Waals surface area contributed by atoms with Crippen molar-refractivity contribution < 1.29 is 4.92 Å². The van der Waals surface area contributed by atoms with Crippen LogP contribution in [-0.2, 0) is 0 Å². The fraction of sp³-hybridized carbons (Fsp3) is 0. The maximum Gasteiger partial charge on any atom is 0.355 e. The van der Waals surface area contributed by atoms with Crippen molar-refractivity contribution in [2.45, 2.75) is 0 Å². The summed E-state index contributed by atoms with van der Waals surface area (Å²) in [6.45, 7) is 0. The zero-order valence-electron chi connectivity index (χ0n) is 9.76. The first-order chi connectivity index (χ1) is 9.25. The van der Waals surface area contributed by atoms with E-state index in [0.717, 1.165) is 4.88 Å². The Labute approximate surface area is 112 Å². The van der Waals surface area contributed by atoms with Crippen LogP contribution in [0.5, 0.6) is 0 Å². The van der Waals surface area contributed by atoms with Gasteiger partial charge in [0.05, 0.1) is 6.20 Å². The number of rotatable bonds is 3. The second-order valence-electron chi connectivity index (χ2n) is 3.86. The highest BCUT2D eigenvalue weighted by Gasteiger charge is 2.19. The molecule has 0 fully saturated rings. The summed E-state index contributed by atoms with van der Waals surface area (Å²) >= 11 is 1.57. The van der Waals surface area contributed by atoms with Crippen molar-refractivity contribution >= 4 is 35.0 Å². The van der Waals surface area contributed by atoms with E-state index in [1.165, 1.54) is 4.40 Å². The summed E-state index contributed by atoms with van der Waals surface area (Å²) in [4.78, 5) is 16.1. The minimum atomic E-state index is -0.409.